The van der Waals surface area contributed by atoms with Gasteiger partial charge < -0.3 is 20.1 Å². The Hall–Kier alpha value is -3.26. The van der Waals surface area contributed by atoms with Crippen LogP contribution in [0.4, 0.5) is 11.4 Å². The molecule has 1 aromatic heterocycles. The minimum Gasteiger partial charge on any atom is -0.362 e. The Morgan fingerprint density at radius 3 is 2.30 bits per heavy atom. The fourth-order valence-electron chi connectivity index (χ4n) is 5.72. The topological polar surface area (TPSA) is 84.5 Å². The molecule has 0 aliphatic heterocycles. The van der Waals surface area contributed by atoms with E-state index < -0.39 is 0 Å². The number of anilines is 2. The van der Waals surface area contributed by atoms with Gasteiger partial charge in [0.1, 0.15) is 19.2 Å². The van der Waals surface area contributed by atoms with Gasteiger partial charge in [-0.05, 0) is 69.2 Å². The summed E-state index contributed by atoms with van der Waals surface area (Å²) in [5, 5.41) is 10.1. The highest BCUT2D eigenvalue weighted by molar-refractivity contribution is 5.81. The van der Waals surface area contributed by atoms with E-state index in [0.717, 1.165) is 41.0 Å². The maximum absolute atomic E-state index is 12.3. The molecular weight excluding hydrogens is 500 g/mol. The lowest BCUT2D eigenvalue weighted by atomic mass is 9.82. The van der Waals surface area contributed by atoms with Crippen LogP contribution in [0.5, 0.6) is 0 Å². The molecule has 1 atom stereocenters. The van der Waals surface area contributed by atoms with Crippen LogP contribution in [0.3, 0.4) is 0 Å². The largest absolute Gasteiger partial charge is 0.362 e. The number of benzene rings is 2. The number of nitrogens with zero attached hydrogens (tertiary/aromatic N) is 1. The van der Waals surface area contributed by atoms with Crippen LogP contribution in [0.15, 0.2) is 54.7 Å². The Morgan fingerprint density at radius 2 is 1.60 bits per heavy atom. The average Bonchev–Trinajstić information content (AvgIpc) is 2.95. The highest BCUT2D eigenvalue weighted by Crippen LogP contribution is 2.27. The quantitative estimate of drug-likeness (QED) is 0.153. The van der Waals surface area contributed by atoms with E-state index in [2.05, 4.69) is 67.1 Å². The molecule has 1 fully saturated rings. The van der Waals surface area contributed by atoms with Gasteiger partial charge in [0.15, 0.2) is 0 Å². The molecule has 0 saturated heterocycles. The van der Waals surface area contributed by atoms with Crippen molar-refractivity contribution in [2.45, 2.75) is 72.4 Å². The van der Waals surface area contributed by atoms with Crippen LogP contribution in [0, 0.1) is 26.7 Å². The molecule has 4 rings (SSSR count). The summed E-state index contributed by atoms with van der Waals surface area (Å²) in [6, 6.07) is 16.5. The Labute approximate surface area is 239 Å². The second kappa shape index (κ2) is 14.9. The smallest absolute Gasteiger partial charge is 0.147 e. The van der Waals surface area contributed by atoms with E-state index >= 15 is 0 Å². The zero-order valence-corrected chi connectivity index (χ0v) is 24.4. The van der Waals surface area contributed by atoms with Crippen molar-refractivity contribution in [1.29, 1.82) is 0 Å². The maximum Gasteiger partial charge on any atom is 0.147 e. The van der Waals surface area contributed by atoms with Crippen molar-refractivity contribution in [2.24, 2.45) is 5.92 Å². The van der Waals surface area contributed by atoms with E-state index in [4.69, 9.17) is 14.5 Å². The Balaban J connectivity index is 1.35. The van der Waals surface area contributed by atoms with Gasteiger partial charge in [0, 0.05) is 17.4 Å². The summed E-state index contributed by atoms with van der Waals surface area (Å²) < 4.78 is 11.9. The number of nitrogens with one attached hydrogen (secondary N) is 3. The first-order valence-electron chi connectivity index (χ1n) is 14.4. The second-order valence-electron chi connectivity index (χ2n) is 10.9. The van der Waals surface area contributed by atoms with Crippen molar-refractivity contribution in [3.05, 3.63) is 77.1 Å². The molecule has 1 aliphatic rings. The summed E-state index contributed by atoms with van der Waals surface area (Å²) in [5.74, 6) is 0.582. The van der Waals surface area contributed by atoms with Gasteiger partial charge in [-0.15, -0.1) is 0 Å². The first-order valence-corrected chi connectivity index (χ1v) is 14.4. The third-order valence-corrected chi connectivity index (χ3v) is 7.67. The summed E-state index contributed by atoms with van der Waals surface area (Å²) in [6.45, 7) is 9.32. The fraction of sp³-hybridized carbons (Fsp3) is 0.455. The first-order chi connectivity index (χ1) is 19.4. The molecular formula is C33H44N4O3. The molecule has 7 nitrogen and oxygen atoms in total. The predicted octanol–water partition coefficient (Wildman–Crippen LogP) is 6.73. The normalized spacial score (nSPS) is 14.6. The molecule has 0 amide bonds. The molecule has 40 heavy (non-hydrogen) atoms. The van der Waals surface area contributed by atoms with E-state index in [0.29, 0.717) is 32.7 Å². The van der Waals surface area contributed by atoms with Crippen LogP contribution in [0.25, 0.3) is 11.1 Å². The number of ketones is 1. The molecule has 0 bridgehead atoms. The van der Waals surface area contributed by atoms with Crippen LogP contribution < -0.4 is 16.0 Å². The number of carbonyl (C=O) groups is 1. The lowest BCUT2D eigenvalue weighted by molar-refractivity contribution is -0.121. The zero-order valence-electron chi connectivity index (χ0n) is 24.4. The first kappa shape index (κ1) is 29.7. The standard InChI is InChI=1S/C33H44N4O3/c1-23-15-24(2)32(25(3)16-23)36-22-40-20-35-30-17-29(27-11-7-5-8-12-27)18-34-31(30)19-39-21-37-33(26(4)38)28-13-9-6-10-14-28/h5,7-8,11-12,15-18,28,33,35-37H,6,9-10,13-14,19-22H2,1-4H3/t33-/m1/s1. The number of hydrogen-bond donors (Lipinski definition) is 3. The molecule has 1 aliphatic carbocycles. The number of aromatic nitrogens is 1. The fourth-order valence-corrected chi connectivity index (χ4v) is 5.72. The van der Waals surface area contributed by atoms with Crippen molar-refractivity contribution >= 4 is 17.2 Å². The number of rotatable bonds is 14. The molecule has 1 heterocycles. The van der Waals surface area contributed by atoms with Gasteiger partial charge in [0.25, 0.3) is 0 Å². The number of carbonyl (C=O) groups excluding carboxylic acids is 1. The van der Waals surface area contributed by atoms with Crippen molar-refractivity contribution < 1.29 is 14.3 Å². The summed E-state index contributed by atoms with van der Waals surface area (Å²) in [7, 11) is 0. The van der Waals surface area contributed by atoms with E-state index in [-0.39, 0.29) is 11.8 Å². The average molecular weight is 545 g/mol. The van der Waals surface area contributed by atoms with Gasteiger partial charge in [-0.3, -0.25) is 15.1 Å². The van der Waals surface area contributed by atoms with E-state index in [1.807, 2.05) is 24.4 Å². The Kier molecular flexibility index (Phi) is 11.1. The van der Waals surface area contributed by atoms with Crippen LogP contribution in [-0.4, -0.2) is 37.0 Å². The van der Waals surface area contributed by atoms with Gasteiger partial charge in [0.05, 0.1) is 30.8 Å². The number of hydrogen-bond acceptors (Lipinski definition) is 7. The zero-order chi connectivity index (χ0) is 28.3. The minimum absolute atomic E-state index is 0.145. The van der Waals surface area contributed by atoms with Crippen LogP contribution in [0.1, 0.15) is 61.4 Å². The monoisotopic (exact) mass is 544 g/mol. The molecule has 2 aromatic carbocycles. The van der Waals surface area contributed by atoms with Gasteiger partial charge in [-0.25, -0.2) is 0 Å². The van der Waals surface area contributed by atoms with Crippen LogP contribution in [0.2, 0.25) is 0 Å². The SMILES string of the molecule is CC(=O)[C@@H](NCOCc1ncc(-c2ccccc2)cc1NCOCNc1c(C)cc(C)cc1C)C1CCCCC1. The molecule has 3 aromatic rings. The molecule has 214 valence electrons. The molecule has 7 heteroatoms. The number of aryl methyl sites for hydroxylation is 3. The third-order valence-electron chi connectivity index (χ3n) is 7.67. The molecule has 0 radical (unpaired) electrons. The summed E-state index contributed by atoms with van der Waals surface area (Å²) in [6.07, 6.45) is 7.75. The van der Waals surface area contributed by atoms with Crippen molar-refractivity contribution in [1.82, 2.24) is 10.3 Å². The summed E-state index contributed by atoms with van der Waals surface area (Å²) in [5.41, 5.74) is 8.54. The van der Waals surface area contributed by atoms with Crippen LogP contribution in [-0.2, 0) is 20.9 Å². The lowest BCUT2D eigenvalue weighted by Gasteiger charge is -2.29. The predicted molar refractivity (Wildman–Crippen MR) is 162 cm³/mol. The van der Waals surface area contributed by atoms with Crippen molar-refractivity contribution in [2.75, 3.05) is 30.8 Å². The Bertz CT molecular complexity index is 1220. The number of pyridine rings is 1. The summed E-state index contributed by atoms with van der Waals surface area (Å²) >= 11 is 0. The van der Waals surface area contributed by atoms with Crippen molar-refractivity contribution in [3.63, 3.8) is 0 Å². The molecule has 1 saturated carbocycles. The Morgan fingerprint density at radius 1 is 0.900 bits per heavy atom. The highest BCUT2D eigenvalue weighted by Gasteiger charge is 2.26. The maximum atomic E-state index is 12.3. The second-order valence-corrected chi connectivity index (χ2v) is 10.9. The number of ether oxygens (including phenoxy) is 2. The molecule has 3 N–H and O–H groups in total. The van der Waals surface area contributed by atoms with Crippen LogP contribution >= 0.6 is 0 Å². The summed E-state index contributed by atoms with van der Waals surface area (Å²) in [4.78, 5) is 17.0. The van der Waals surface area contributed by atoms with Gasteiger partial charge in [-0.2, -0.15) is 0 Å². The van der Waals surface area contributed by atoms with Crippen molar-refractivity contribution in [3.8, 4) is 11.1 Å². The lowest BCUT2D eigenvalue weighted by Crippen LogP contribution is -2.43. The highest BCUT2D eigenvalue weighted by atomic mass is 16.5. The number of Topliss-reactive ketones (excluding diaryl/α,β-unsaturated/α-hetero) is 1. The van der Waals surface area contributed by atoms with Gasteiger partial charge in [-0.1, -0.05) is 67.3 Å². The molecule has 0 unspecified atom stereocenters. The van der Waals surface area contributed by atoms with E-state index in [1.165, 1.54) is 36.0 Å². The molecule has 0 spiro atoms. The van der Waals surface area contributed by atoms with Gasteiger partial charge >= 0.3 is 0 Å². The third kappa shape index (κ3) is 8.37. The van der Waals surface area contributed by atoms with E-state index in [9.17, 15) is 4.79 Å². The van der Waals surface area contributed by atoms with Gasteiger partial charge in [0.2, 0.25) is 0 Å². The van der Waals surface area contributed by atoms with E-state index in [1.54, 1.807) is 6.92 Å². The minimum atomic E-state index is -0.145.